The molecule has 0 amide bonds. The Labute approximate surface area is 202 Å². The van der Waals surface area contributed by atoms with Crippen molar-refractivity contribution in [2.75, 3.05) is 18.8 Å². The number of aliphatic hydroxyl groups is 1. The van der Waals surface area contributed by atoms with Crippen LogP contribution in [0.4, 0.5) is 5.82 Å². The molecule has 1 aliphatic heterocycles. The number of imidazole rings is 1. The second kappa shape index (κ2) is 9.62. The fourth-order valence-electron chi connectivity index (χ4n) is 4.53. The van der Waals surface area contributed by atoms with E-state index < -0.39 is 6.23 Å². The highest BCUT2D eigenvalue weighted by atomic mass is 16.5. The highest BCUT2D eigenvalue weighted by Gasteiger charge is 2.29. The van der Waals surface area contributed by atoms with Crippen molar-refractivity contribution in [3.8, 4) is 29.0 Å². The lowest BCUT2D eigenvalue weighted by Gasteiger charge is -2.33. The van der Waals surface area contributed by atoms with E-state index in [1.54, 1.807) is 16.1 Å². The van der Waals surface area contributed by atoms with Gasteiger partial charge in [0.15, 0.2) is 17.7 Å². The van der Waals surface area contributed by atoms with E-state index in [0.29, 0.717) is 48.5 Å². The largest absolute Gasteiger partial charge is 0.457 e. The summed E-state index contributed by atoms with van der Waals surface area (Å²) < 4.78 is 9.14. The minimum Gasteiger partial charge on any atom is -0.457 e. The zero-order chi connectivity index (χ0) is 24.4. The van der Waals surface area contributed by atoms with Crippen molar-refractivity contribution in [1.29, 1.82) is 0 Å². The minimum absolute atomic E-state index is 0.0840. The second-order valence-electron chi connectivity index (χ2n) is 8.36. The summed E-state index contributed by atoms with van der Waals surface area (Å²) in [5, 5.41) is 10.2. The molecule has 1 saturated heterocycles. The molecule has 0 bridgehead atoms. The first-order chi connectivity index (χ1) is 17.1. The Morgan fingerprint density at radius 1 is 1.06 bits per heavy atom. The third kappa shape index (κ3) is 4.37. The Bertz CT molecular complexity index is 1440. The number of aliphatic hydroxyl groups excluding tert-OH is 1. The van der Waals surface area contributed by atoms with Crippen molar-refractivity contribution in [2.45, 2.75) is 32.0 Å². The number of rotatable bonds is 5. The van der Waals surface area contributed by atoms with Gasteiger partial charge in [0.25, 0.3) is 0 Å². The number of nitrogens with two attached hydrogens (primary N) is 1. The lowest BCUT2D eigenvalue weighted by atomic mass is 10.0. The molecule has 178 valence electrons. The molecule has 9 heteroatoms. The number of nitrogens with zero attached hydrogens (tertiary/aromatic N) is 5. The molecule has 35 heavy (non-hydrogen) atoms. The molecule has 1 atom stereocenters. The van der Waals surface area contributed by atoms with Crippen molar-refractivity contribution in [1.82, 2.24) is 24.0 Å². The average Bonchev–Trinajstić information content (AvgIpc) is 3.18. The molecule has 2 aromatic carbocycles. The van der Waals surface area contributed by atoms with Crippen molar-refractivity contribution >= 4 is 17.0 Å². The van der Waals surface area contributed by atoms with Gasteiger partial charge >= 0.3 is 5.69 Å². The zero-order valence-corrected chi connectivity index (χ0v) is 19.3. The number of nitrogen functional groups attached to an aromatic ring is 1. The number of likely N-dealkylation sites (tertiary alicyclic amines) is 1. The Balaban J connectivity index is 1.49. The van der Waals surface area contributed by atoms with E-state index in [0.717, 1.165) is 5.75 Å². The molecule has 0 aliphatic carbocycles. The molecule has 4 aromatic rings. The van der Waals surface area contributed by atoms with Gasteiger partial charge in [0.05, 0.1) is 5.69 Å². The maximum absolute atomic E-state index is 13.7. The number of para-hydroxylation sites is 1. The maximum atomic E-state index is 13.7. The number of fused-ring (bicyclic) bond motifs is 1. The SMILES string of the molecule is CC#CC(O)N1CCC(n2c(=O)n(-c3ccc(Oc4ccccc4)cc3)c3c(N)ncnc32)CC1. The molecule has 9 nitrogen and oxygen atoms in total. The number of ether oxygens (including phenoxy) is 1. The van der Waals surface area contributed by atoms with Crippen molar-refractivity contribution in [3.05, 3.63) is 71.4 Å². The summed E-state index contributed by atoms with van der Waals surface area (Å²) in [7, 11) is 0. The molecule has 0 saturated carbocycles. The molecule has 1 fully saturated rings. The van der Waals surface area contributed by atoms with Crippen LogP contribution in [-0.2, 0) is 0 Å². The van der Waals surface area contributed by atoms with E-state index >= 15 is 0 Å². The second-order valence-corrected chi connectivity index (χ2v) is 8.36. The third-order valence-corrected chi connectivity index (χ3v) is 6.24. The number of aromatic nitrogens is 4. The van der Waals surface area contributed by atoms with E-state index in [9.17, 15) is 9.90 Å². The van der Waals surface area contributed by atoms with Gasteiger partial charge in [0, 0.05) is 19.1 Å². The summed E-state index contributed by atoms with van der Waals surface area (Å²) in [4.78, 5) is 24.2. The highest BCUT2D eigenvalue weighted by molar-refractivity contribution is 5.84. The molecule has 2 aromatic heterocycles. The van der Waals surface area contributed by atoms with E-state index in [-0.39, 0.29) is 17.5 Å². The van der Waals surface area contributed by atoms with Crippen LogP contribution in [-0.4, -0.2) is 48.4 Å². The quantitative estimate of drug-likeness (QED) is 0.432. The van der Waals surface area contributed by atoms with Gasteiger partial charge in [0.2, 0.25) is 0 Å². The first kappa shape index (κ1) is 22.7. The standard InChI is InChI=1S/C26H26N6O3/c1-2-6-22(33)30-15-13-19(14-16-30)32-25-23(24(27)28-17-29-25)31(26(32)34)18-9-11-21(12-10-18)35-20-7-4-3-5-8-20/h3-5,7-12,17,19,22,33H,13-16H2,1H3,(H2,27,28,29). The number of hydrogen-bond donors (Lipinski definition) is 2. The van der Waals surface area contributed by atoms with Gasteiger partial charge in [-0.2, -0.15) is 0 Å². The van der Waals surface area contributed by atoms with Gasteiger partial charge < -0.3 is 15.6 Å². The molecule has 3 heterocycles. The smallest absolute Gasteiger partial charge is 0.335 e. The number of hydrogen-bond acceptors (Lipinski definition) is 7. The molecule has 5 rings (SSSR count). The maximum Gasteiger partial charge on any atom is 0.335 e. The molecule has 1 aliphatic rings. The first-order valence-electron chi connectivity index (χ1n) is 11.5. The molecule has 1 unspecified atom stereocenters. The van der Waals surface area contributed by atoms with Gasteiger partial charge in [-0.1, -0.05) is 24.1 Å². The van der Waals surface area contributed by atoms with E-state index in [2.05, 4.69) is 21.8 Å². The molecular formula is C26H26N6O3. The summed E-state index contributed by atoms with van der Waals surface area (Å²) in [5.41, 5.74) is 7.63. The summed E-state index contributed by atoms with van der Waals surface area (Å²) in [6.45, 7) is 2.94. The van der Waals surface area contributed by atoms with Crippen molar-refractivity contribution in [3.63, 3.8) is 0 Å². The lowest BCUT2D eigenvalue weighted by molar-refractivity contribution is 0.0251. The Kier molecular flexibility index (Phi) is 6.23. The van der Waals surface area contributed by atoms with Crippen LogP contribution in [0.2, 0.25) is 0 Å². The fourth-order valence-corrected chi connectivity index (χ4v) is 4.53. The van der Waals surface area contributed by atoms with Gasteiger partial charge in [-0.05, 0) is 56.2 Å². The topological polar surface area (TPSA) is 111 Å². The van der Waals surface area contributed by atoms with E-state index in [1.165, 1.54) is 6.33 Å². The fraction of sp³-hybridized carbons (Fsp3) is 0.269. The Morgan fingerprint density at radius 3 is 2.43 bits per heavy atom. The Morgan fingerprint density at radius 2 is 1.74 bits per heavy atom. The molecule has 0 radical (unpaired) electrons. The number of piperidine rings is 1. The van der Waals surface area contributed by atoms with Gasteiger partial charge in [-0.15, -0.1) is 5.92 Å². The van der Waals surface area contributed by atoms with Crippen LogP contribution in [0.1, 0.15) is 25.8 Å². The van der Waals surface area contributed by atoms with Crippen LogP contribution in [0.3, 0.4) is 0 Å². The first-order valence-corrected chi connectivity index (χ1v) is 11.5. The molecule has 3 N–H and O–H groups in total. The predicted octanol–water partition coefficient (Wildman–Crippen LogP) is 2.94. The van der Waals surface area contributed by atoms with E-state index in [4.69, 9.17) is 10.5 Å². The summed E-state index contributed by atoms with van der Waals surface area (Å²) in [5.74, 6) is 7.14. The van der Waals surface area contributed by atoms with Crippen LogP contribution in [0.5, 0.6) is 11.5 Å². The van der Waals surface area contributed by atoms with Crippen molar-refractivity contribution in [2.24, 2.45) is 0 Å². The zero-order valence-electron chi connectivity index (χ0n) is 19.3. The van der Waals surface area contributed by atoms with Gasteiger partial charge in [-0.3, -0.25) is 14.0 Å². The summed E-state index contributed by atoms with van der Waals surface area (Å²) in [6, 6.07) is 16.7. The van der Waals surface area contributed by atoms with Crippen LogP contribution in [0.15, 0.2) is 65.7 Å². The third-order valence-electron chi connectivity index (χ3n) is 6.24. The highest BCUT2D eigenvalue weighted by Crippen LogP contribution is 2.29. The predicted molar refractivity (Wildman–Crippen MR) is 133 cm³/mol. The average molecular weight is 471 g/mol. The molecule has 0 spiro atoms. The van der Waals surface area contributed by atoms with Crippen LogP contribution < -0.4 is 16.2 Å². The van der Waals surface area contributed by atoms with Gasteiger partial charge in [-0.25, -0.2) is 14.8 Å². The number of benzene rings is 2. The Hall–Kier alpha value is -4.13. The summed E-state index contributed by atoms with van der Waals surface area (Å²) in [6.07, 6.45) is 1.93. The van der Waals surface area contributed by atoms with Crippen LogP contribution in [0, 0.1) is 11.8 Å². The monoisotopic (exact) mass is 470 g/mol. The lowest BCUT2D eigenvalue weighted by Crippen LogP contribution is -2.42. The van der Waals surface area contributed by atoms with Crippen LogP contribution in [0.25, 0.3) is 16.9 Å². The summed E-state index contributed by atoms with van der Waals surface area (Å²) >= 11 is 0. The van der Waals surface area contributed by atoms with Crippen molar-refractivity contribution < 1.29 is 9.84 Å². The van der Waals surface area contributed by atoms with Gasteiger partial charge in [0.1, 0.15) is 23.3 Å². The van der Waals surface area contributed by atoms with E-state index in [1.807, 2.05) is 59.5 Å². The number of anilines is 1. The van der Waals surface area contributed by atoms with Crippen LogP contribution >= 0.6 is 0 Å². The minimum atomic E-state index is -0.798. The normalized spacial score (nSPS) is 15.5. The molecular weight excluding hydrogens is 444 g/mol.